The minimum absolute atomic E-state index is 0.0120. The standard InChI is InChI=1S/C20H28N2O5S2/c1-4-22(5-2)14-15-27-18-11-7-6-10-17(18)16-21-29(25,26)20-13-9-8-12-19(20)28(3,23)24/h6-13,21H,4-5,14-16H2,1-3H3. The number of nitrogens with zero attached hydrogens (tertiary/aromatic N) is 1. The Labute approximate surface area is 173 Å². The number of ether oxygens (including phenoxy) is 1. The van der Waals surface area contributed by atoms with Crippen molar-refractivity contribution in [2.24, 2.45) is 0 Å². The highest BCUT2D eigenvalue weighted by atomic mass is 32.2. The van der Waals surface area contributed by atoms with Crippen molar-refractivity contribution in [2.45, 2.75) is 30.2 Å². The first-order chi connectivity index (χ1) is 13.7. The monoisotopic (exact) mass is 440 g/mol. The molecule has 1 N–H and O–H groups in total. The van der Waals surface area contributed by atoms with Gasteiger partial charge in [0.15, 0.2) is 9.84 Å². The van der Waals surface area contributed by atoms with Gasteiger partial charge in [0.2, 0.25) is 10.0 Å². The highest BCUT2D eigenvalue weighted by Crippen LogP contribution is 2.22. The molecule has 2 aromatic rings. The van der Waals surface area contributed by atoms with Gasteiger partial charge >= 0.3 is 0 Å². The molecule has 0 saturated heterocycles. The van der Waals surface area contributed by atoms with Crippen molar-refractivity contribution < 1.29 is 21.6 Å². The van der Waals surface area contributed by atoms with Crippen molar-refractivity contribution in [2.75, 3.05) is 32.5 Å². The fourth-order valence-electron chi connectivity index (χ4n) is 2.84. The maximum atomic E-state index is 12.7. The number of rotatable bonds is 11. The van der Waals surface area contributed by atoms with E-state index in [1.165, 1.54) is 24.3 Å². The molecular weight excluding hydrogens is 412 g/mol. The summed E-state index contributed by atoms with van der Waals surface area (Å²) in [7, 11) is -7.71. The molecule has 0 aliphatic heterocycles. The fourth-order valence-corrected chi connectivity index (χ4v) is 5.48. The van der Waals surface area contributed by atoms with E-state index in [1.54, 1.807) is 18.2 Å². The van der Waals surface area contributed by atoms with Crippen molar-refractivity contribution >= 4 is 19.9 Å². The number of benzene rings is 2. The second-order valence-electron chi connectivity index (χ2n) is 6.53. The van der Waals surface area contributed by atoms with E-state index >= 15 is 0 Å². The molecule has 0 aliphatic carbocycles. The van der Waals surface area contributed by atoms with Crippen LogP contribution >= 0.6 is 0 Å². The van der Waals surface area contributed by atoms with E-state index in [9.17, 15) is 16.8 Å². The summed E-state index contributed by atoms with van der Waals surface area (Å²) in [5.41, 5.74) is 0.674. The topological polar surface area (TPSA) is 92.8 Å². The van der Waals surface area contributed by atoms with Crippen LogP contribution in [0.3, 0.4) is 0 Å². The lowest BCUT2D eigenvalue weighted by atomic mass is 10.2. The second-order valence-corrected chi connectivity index (χ2v) is 10.2. The van der Waals surface area contributed by atoms with Gasteiger partial charge in [0, 0.05) is 24.9 Å². The van der Waals surface area contributed by atoms with Gasteiger partial charge < -0.3 is 9.64 Å². The highest BCUT2D eigenvalue weighted by Gasteiger charge is 2.23. The van der Waals surface area contributed by atoms with Gasteiger partial charge in [-0.25, -0.2) is 21.6 Å². The fraction of sp³-hybridized carbons (Fsp3) is 0.400. The summed E-state index contributed by atoms with van der Waals surface area (Å²) in [4.78, 5) is 1.74. The molecule has 0 amide bonds. The number of hydrogen-bond donors (Lipinski definition) is 1. The molecule has 0 aromatic heterocycles. The van der Waals surface area contributed by atoms with Gasteiger partial charge in [0.25, 0.3) is 0 Å². The van der Waals surface area contributed by atoms with Crippen LogP contribution in [0, 0.1) is 0 Å². The molecule has 7 nitrogen and oxygen atoms in total. The van der Waals surface area contributed by atoms with Gasteiger partial charge in [-0.1, -0.05) is 44.2 Å². The molecule has 0 saturated carbocycles. The maximum Gasteiger partial charge on any atom is 0.242 e. The Hall–Kier alpha value is -1.94. The number of nitrogens with one attached hydrogen (secondary N) is 1. The third kappa shape index (κ3) is 6.53. The van der Waals surface area contributed by atoms with Crippen molar-refractivity contribution in [1.29, 1.82) is 0 Å². The lowest BCUT2D eigenvalue weighted by Crippen LogP contribution is -2.28. The van der Waals surface area contributed by atoms with Crippen LogP contribution in [-0.2, 0) is 26.4 Å². The molecule has 9 heteroatoms. The molecule has 160 valence electrons. The lowest BCUT2D eigenvalue weighted by Gasteiger charge is -2.19. The van der Waals surface area contributed by atoms with Gasteiger partial charge in [-0.3, -0.25) is 0 Å². The quantitative estimate of drug-likeness (QED) is 0.576. The van der Waals surface area contributed by atoms with Crippen LogP contribution in [0.5, 0.6) is 5.75 Å². The third-order valence-electron chi connectivity index (χ3n) is 4.52. The van der Waals surface area contributed by atoms with E-state index in [4.69, 9.17) is 4.74 Å². The summed E-state index contributed by atoms with van der Waals surface area (Å²) < 4.78 is 57.7. The molecule has 0 atom stereocenters. The molecular formula is C20H28N2O5S2. The Morgan fingerprint density at radius 1 is 0.897 bits per heavy atom. The van der Waals surface area contributed by atoms with Crippen LogP contribution in [0.25, 0.3) is 0 Å². The van der Waals surface area contributed by atoms with Crippen LogP contribution in [0.15, 0.2) is 58.3 Å². The van der Waals surface area contributed by atoms with E-state index in [0.29, 0.717) is 17.9 Å². The van der Waals surface area contributed by atoms with E-state index in [0.717, 1.165) is 25.9 Å². The van der Waals surface area contributed by atoms with Gasteiger partial charge in [-0.15, -0.1) is 0 Å². The lowest BCUT2D eigenvalue weighted by molar-refractivity contribution is 0.221. The minimum Gasteiger partial charge on any atom is -0.492 e. The van der Waals surface area contributed by atoms with Crippen LogP contribution in [-0.4, -0.2) is 54.2 Å². The van der Waals surface area contributed by atoms with E-state index in [1.807, 2.05) is 6.07 Å². The number of likely N-dealkylation sites (N-methyl/N-ethyl adjacent to an activating group) is 1. The largest absolute Gasteiger partial charge is 0.492 e. The molecule has 0 fully saturated rings. The average Bonchev–Trinajstić information content (AvgIpc) is 2.70. The Morgan fingerprint density at radius 3 is 2.10 bits per heavy atom. The maximum absolute atomic E-state index is 12.7. The van der Waals surface area contributed by atoms with Crippen molar-refractivity contribution in [3.63, 3.8) is 0 Å². The van der Waals surface area contributed by atoms with E-state index in [-0.39, 0.29) is 16.3 Å². The van der Waals surface area contributed by atoms with Gasteiger partial charge in [0.1, 0.15) is 17.3 Å². The Morgan fingerprint density at radius 2 is 1.48 bits per heavy atom. The summed E-state index contributed by atoms with van der Waals surface area (Å²) in [6, 6.07) is 12.7. The van der Waals surface area contributed by atoms with Crippen LogP contribution in [0.2, 0.25) is 0 Å². The summed E-state index contributed by atoms with van der Waals surface area (Å²) >= 11 is 0. The summed E-state index contributed by atoms with van der Waals surface area (Å²) in [5.74, 6) is 0.596. The first-order valence-electron chi connectivity index (χ1n) is 9.40. The molecule has 0 unspecified atom stereocenters. The van der Waals surface area contributed by atoms with Gasteiger partial charge in [-0.05, 0) is 31.3 Å². The predicted molar refractivity (Wildman–Crippen MR) is 113 cm³/mol. The van der Waals surface area contributed by atoms with E-state index in [2.05, 4.69) is 23.5 Å². The van der Waals surface area contributed by atoms with Crippen LogP contribution < -0.4 is 9.46 Å². The zero-order valence-electron chi connectivity index (χ0n) is 17.0. The molecule has 0 radical (unpaired) electrons. The molecule has 0 aliphatic rings. The summed E-state index contributed by atoms with van der Waals surface area (Å²) in [6.45, 7) is 7.28. The molecule has 2 rings (SSSR count). The smallest absolute Gasteiger partial charge is 0.242 e. The first-order valence-corrected chi connectivity index (χ1v) is 12.8. The first kappa shape index (κ1) is 23.3. The van der Waals surface area contributed by atoms with E-state index < -0.39 is 19.9 Å². The number of sulfone groups is 1. The van der Waals surface area contributed by atoms with Crippen LogP contribution in [0.4, 0.5) is 0 Å². The summed E-state index contributed by atoms with van der Waals surface area (Å²) in [6.07, 6.45) is 0.986. The molecule has 0 spiro atoms. The third-order valence-corrected chi connectivity index (χ3v) is 7.27. The predicted octanol–water partition coefficient (Wildman–Crippen LogP) is 2.29. The normalized spacial score (nSPS) is 12.3. The van der Waals surface area contributed by atoms with Crippen molar-refractivity contribution in [1.82, 2.24) is 9.62 Å². The molecule has 2 aromatic carbocycles. The van der Waals surface area contributed by atoms with Crippen LogP contribution in [0.1, 0.15) is 19.4 Å². The van der Waals surface area contributed by atoms with Crippen molar-refractivity contribution in [3.8, 4) is 5.75 Å². The number of hydrogen-bond acceptors (Lipinski definition) is 6. The minimum atomic E-state index is -4.02. The summed E-state index contributed by atoms with van der Waals surface area (Å²) in [5, 5.41) is 0. The zero-order valence-corrected chi connectivity index (χ0v) is 18.6. The highest BCUT2D eigenvalue weighted by molar-refractivity contribution is 7.93. The second kappa shape index (κ2) is 10.2. The van der Waals surface area contributed by atoms with Gasteiger partial charge in [-0.2, -0.15) is 0 Å². The molecule has 0 bridgehead atoms. The van der Waals surface area contributed by atoms with Crippen molar-refractivity contribution in [3.05, 3.63) is 54.1 Å². The Bertz CT molecular complexity index is 1020. The Balaban J connectivity index is 2.14. The zero-order chi connectivity index (χ0) is 21.5. The SMILES string of the molecule is CCN(CC)CCOc1ccccc1CNS(=O)(=O)c1ccccc1S(C)(=O)=O. The average molecular weight is 441 g/mol. The van der Waals surface area contributed by atoms with Gasteiger partial charge in [0.05, 0.1) is 4.90 Å². The number of para-hydroxylation sites is 1. The molecule has 29 heavy (non-hydrogen) atoms. The number of sulfonamides is 1. The molecule has 0 heterocycles. The Kier molecular flexibility index (Phi) is 8.21.